The van der Waals surface area contributed by atoms with Crippen molar-refractivity contribution in [3.63, 3.8) is 0 Å². The molecule has 1 fully saturated rings. The van der Waals surface area contributed by atoms with E-state index in [9.17, 15) is 9.18 Å². The topological polar surface area (TPSA) is 32.3 Å². The molecular formula is C14H18ClFN2O. The first-order chi connectivity index (χ1) is 8.92. The molecule has 0 aromatic heterocycles. The van der Waals surface area contributed by atoms with Crippen LogP contribution in [0.1, 0.15) is 19.4 Å². The molecule has 1 N–H and O–H groups in total. The van der Waals surface area contributed by atoms with Crippen LogP contribution in [0.15, 0.2) is 18.2 Å². The van der Waals surface area contributed by atoms with Crippen LogP contribution in [0.3, 0.4) is 0 Å². The van der Waals surface area contributed by atoms with Gasteiger partial charge in [0.25, 0.3) is 0 Å². The molecule has 1 amide bonds. The van der Waals surface area contributed by atoms with Crippen molar-refractivity contribution in [2.45, 2.75) is 25.8 Å². The normalized spacial score (nSPS) is 18.4. The third-order valence-corrected chi connectivity index (χ3v) is 3.85. The number of benzene rings is 1. The number of nitrogens with zero attached hydrogens (tertiary/aromatic N) is 1. The Morgan fingerprint density at radius 1 is 1.53 bits per heavy atom. The molecule has 0 spiro atoms. The number of rotatable bonds is 2. The number of carbonyl (C=O) groups excluding carboxylic acids is 1. The van der Waals surface area contributed by atoms with Crippen molar-refractivity contribution in [2.24, 2.45) is 0 Å². The Kier molecular flexibility index (Phi) is 4.11. The van der Waals surface area contributed by atoms with Crippen LogP contribution in [0.25, 0.3) is 0 Å². The zero-order valence-electron chi connectivity index (χ0n) is 11.2. The molecule has 5 heteroatoms. The zero-order valence-corrected chi connectivity index (χ0v) is 11.9. The van der Waals surface area contributed by atoms with Crippen molar-refractivity contribution in [2.75, 3.05) is 19.6 Å². The summed E-state index contributed by atoms with van der Waals surface area (Å²) in [5.41, 5.74) is 0.0241. The van der Waals surface area contributed by atoms with E-state index in [0.29, 0.717) is 11.6 Å². The van der Waals surface area contributed by atoms with E-state index < -0.39 is 5.82 Å². The molecule has 0 radical (unpaired) electrons. The highest BCUT2D eigenvalue weighted by Gasteiger charge is 2.33. The molecule has 2 rings (SSSR count). The molecule has 0 atom stereocenters. The van der Waals surface area contributed by atoms with E-state index in [-0.39, 0.29) is 23.4 Å². The van der Waals surface area contributed by atoms with Crippen molar-refractivity contribution >= 4 is 17.5 Å². The molecule has 1 aliphatic rings. The van der Waals surface area contributed by atoms with Crippen molar-refractivity contribution in [3.05, 3.63) is 34.6 Å². The summed E-state index contributed by atoms with van der Waals surface area (Å²) < 4.78 is 13.7. The molecular weight excluding hydrogens is 267 g/mol. The lowest BCUT2D eigenvalue weighted by molar-refractivity contribution is -0.136. The summed E-state index contributed by atoms with van der Waals surface area (Å²) in [5.74, 6) is -0.507. The molecule has 0 unspecified atom stereocenters. The summed E-state index contributed by atoms with van der Waals surface area (Å²) in [6, 6.07) is 4.48. The first-order valence-electron chi connectivity index (χ1n) is 6.36. The second-order valence-electron chi connectivity index (χ2n) is 5.41. The van der Waals surface area contributed by atoms with E-state index in [4.69, 9.17) is 11.6 Å². The van der Waals surface area contributed by atoms with Gasteiger partial charge >= 0.3 is 0 Å². The van der Waals surface area contributed by atoms with Gasteiger partial charge in [0.05, 0.1) is 6.42 Å². The van der Waals surface area contributed by atoms with Crippen LogP contribution in [0, 0.1) is 5.82 Å². The van der Waals surface area contributed by atoms with E-state index in [1.165, 1.54) is 6.07 Å². The van der Waals surface area contributed by atoms with Gasteiger partial charge in [-0.05, 0) is 26.0 Å². The third-order valence-electron chi connectivity index (χ3n) is 3.49. The van der Waals surface area contributed by atoms with Crippen molar-refractivity contribution in [1.29, 1.82) is 0 Å². The number of hydrogen-bond donors (Lipinski definition) is 1. The smallest absolute Gasteiger partial charge is 0.227 e. The van der Waals surface area contributed by atoms with Crippen LogP contribution in [-0.4, -0.2) is 36.0 Å². The molecule has 19 heavy (non-hydrogen) atoms. The van der Waals surface area contributed by atoms with E-state index in [1.807, 2.05) is 13.8 Å². The van der Waals surface area contributed by atoms with Gasteiger partial charge in [-0.1, -0.05) is 17.7 Å². The fourth-order valence-electron chi connectivity index (χ4n) is 2.39. The molecule has 0 bridgehead atoms. The lowest BCUT2D eigenvalue weighted by atomic mass is 9.98. The predicted molar refractivity (Wildman–Crippen MR) is 73.8 cm³/mol. The van der Waals surface area contributed by atoms with E-state index in [0.717, 1.165) is 13.1 Å². The Balaban J connectivity index is 2.17. The number of hydrogen-bond acceptors (Lipinski definition) is 2. The number of nitrogens with one attached hydrogen (secondary N) is 1. The largest absolute Gasteiger partial charge is 0.335 e. The monoisotopic (exact) mass is 284 g/mol. The predicted octanol–water partition coefficient (Wildman–Crippen LogP) is 2.23. The maximum Gasteiger partial charge on any atom is 0.227 e. The van der Waals surface area contributed by atoms with Gasteiger partial charge in [-0.15, -0.1) is 0 Å². The lowest BCUT2D eigenvalue weighted by Gasteiger charge is -2.43. The SMILES string of the molecule is CC1(C)CNCCN1C(=O)Cc1c(F)cccc1Cl. The minimum absolute atomic E-state index is 0.00887. The number of carbonyl (C=O) groups is 1. The summed E-state index contributed by atoms with van der Waals surface area (Å²) in [4.78, 5) is 14.2. The highest BCUT2D eigenvalue weighted by molar-refractivity contribution is 6.31. The Morgan fingerprint density at radius 3 is 2.89 bits per heavy atom. The van der Waals surface area contributed by atoms with Crippen LogP contribution >= 0.6 is 11.6 Å². The Hall–Kier alpha value is -1.13. The van der Waals surface area contributed by atoms with Crippen LogP contribution in [0.5, 0.6) is 0 Å². The van der Waals surface area contributed by atoms with Crippen LogP contribution in [0.4, 0.5) is 4.39 Å². The molecule has 1 saturated heterocycles. The molecule has 1 aromatic rings. The second-order valence-corrected chi connectivity index (χ2v) is 5.82. The summed E-state index contributed by atoms with van der Waals surface area (Å²) in [7, 11) is 0. The molecule has 104 valence electrons. The number of amides is 1. The summed E-state index contributed by atoms with van der Waals surface area (Å²) in [6.07, 6.45) is 0.00887. The van der Waals surface area contributed by atoms with Crippen LogP contribution in [-0.2, 0) is 11.2 Å². The van der Waals surface area contributed by atoms with Gasteiger partial charge in [-0.3, -0.25) is 4.79 Å². The number of piperazine rings is 1. The third kappa shape index (κ3) is 3.07. The molecule has 3 nitrogen and oxygen atoms in total. The fourth-order valence-corrected chi connectivity index (χ4v) is 2.62. The first kappa shape index (κ1) is 14.3. The van der Waals surface area contributed by atoms with E-state index in [1.54, 1.807) is 17.0 Å². The van der Waals surface area contributed by atoms with Crippen LogP contribution in [0.2, 0.25) is 5.02 Å². The fraction of sp³-hybridized carbons (Fsp3) is 0.500. The average Bonchev–Trinajstić information content (AvgIpc) is 2.33. The van der Waals surface area contributed by atoms with Gasteiger partial charge < -0.3 is 10.2 Å². The quantitative estimate of drug-likeness (QED) is 0.903. The standard InChI is InChI=1S/C14H18ClFN2O/c1-14(2)9-17-6-7-18(14)13(19)8-10-11(15)4-3-5-12(10)16/h3-5,17H,6-9H2,1-2H3. The number of halogens is 2. The van der Waals surface area contributed by atoms with Gasteiger partial charge in [-0.25, -0.2) is 4.39 Å². The minimum Gasteiger partial charge on any atom is -0.335 e. The second kappa shape index (κ2) is 5.47. The summed E-state index contributed by atoms with van der Waals surface area (Å²) in [6.45, 7) is 6.14. The van der Waals surface area contributed by atoms with E-state index >= 15 is 0 Å². The lowest BCUT2D eigenvalue weighted by Crippen LogP contribution is -2.60. The zero-order chi connectivity index (χ0) is 14.0. The first-order valence-corrected chi connectivity index (χ1v) is 6.74. The Morgan fingerprint density at radius 2 is 2.26 bits per heavy atom. The summed E-state index contributed by atoms with van der Waals surface area (Å²) in [5, 5.41) is 3.56. The van der Waals surface area contributed by atoms with Crippen molar-refractivity contribution in [3.8, 4) is 0 Å². The van der Waals surface area contributed by atoms with Gasteiger partial charge in [-0.2, -0.15) is 0 Å². The molecule has 1 aromatic carbocycles. The van der Waals surface area contributed by atoms with Crippen LogP contribution < -0.4 is 5.32 Å². The highest BCUT2D eigenvalue weighted by atomic mass is 35.5. The molecule has 0 aliphatic carbocycles. The van der Waals surface area contributed by atoms with Crippen molar-refractivity contribution in [1.82, 2.24) is 10.2 Å². The van der Waals surface area contributed by atoms with Crippen molar-refractivity contribution < 1.29 is 9.18 Å². The maximum atomic E-state index is 13.7. The highest BCUT2D eigenvalue weighted by Crippen LogP contribution is 2.23. The van der Waals surface area contributed by atoms with Gasteiger partial charge in [0.15, 0.2) is 0 Å². The molecule has 0 saturated carbocycles. The Bertz CT molecular complexity index is 470. The molecule has 1 aliphatic heterocycles. The minimum atomic E-state index is -0.422. The van der Waals surface area contributed by atoms with Gasteiger partial charge in [0, 0.05) is 35.8 Å². The van der Waals surface area contributed by atoms with E-state index in [2.05, 4.69) is 5.32 Å². The van der Waals surface area contributed by atoms with Gasteiger partial charge in [0.2, 0.25) is 5.91 Å². The van der Waals surface area contributed by atoms with Gasteiger partial charge in [0.1, 0.15) is 5.82 Å². The average molecular weight is 285 g/mol. The molecule has 1 heterocycles. The maximum absolute atomic E-state index is 13.7. The summed E-state index contributed by atoms with van der Waals surface area (Å²) >= 11 is 5.96. The Labute approximate surface area is 117 Å².